The van der Waals surface area contributed by atoms with Crippen LogP contribution in [0.2, 0.25) is 0 Å². The minimum Gasteiger partial charge on any atom is -0.379 e. The minimum atomic E-state index is -0.0403. The van der Waals surface area contributed by atoms with Crippen LogP contribution in [0.15, 0.2) is 35.3 Å². The van der Waals surface area contributed by atoms with Gasteiger partial charge in [0, 0.05) is 49.4 Å². The zero-order valence-electron chi connectivity index (χ0n) is 13.4. The number of anilines is 1. The Labute approximate surface area is 145 Å². The maximum Gasteiger partial charge on any atom is 0.254 e. The van der Waals surface area contributed by atoms with Gasteiger partial charge in [-0.25, -0.2) is 9.97 Å². The molecule has 2 aromatic heterocycles. The molecule has 0 bridgehead atoms. The van der Waals surface area contributed by atoms with Crippen LogP contribution in [0.25, 0.3) is 0 Å². The molecule has 1 atom stereocenters. The Balaban J connectivity index is 1.51. The van der Waals surface area contributed by atoms with Crippen LogP contribution >= 0.6 is 11.3 Å². The van der Waals surface area contributed by atoms with E-state index in [0.29, 0.717) is 19.8 Å². The molecule has 0 aliphatic carbocycles. The summed E-state index contributed by atoms with van der Waals surface area (Å²) in [6, 6.07) is 3.72. The molecular weight excluding hydrogens is 324 g/mol. The maximum absolute atomic E-state index is 12.7. The van der Waals surface area contributed by atoms with Crippen molar-refractivity contribution in [1.82, 2.24) is 14.9 Å². The first kappa shape index (κ1) is 15.5. The van der Waals surface area contributed by atoms with Crippen LogP contribution < -0.4 is 4.90 Å². The fourth-order valence-corrected chi connectivity index (χ4v) is 4.17. The second-order valence-electron chi connectivity index (χ2n) is 6.51. The molecule has 2 aliphatic heterocycles. The van der Waals surface area contributed by atoms with E-state index >= 15 is 0 Å². The van der Waals surface area contributed by atoms with Crippen LogP contribution in [0.4, 0.5) is 5.95 Å². The Morgan fingerprint density at radius 1 is 1.25 bits per heavy atom. The standard InChI is InChI=1S/C17H20N4O2S/c22-15(14-2-9-24-10-14)20-7-8-23-13-17(11-20)3-6-21(12-17)16-18-4-1-5-19-16/h1-2,4-5,9-10H,3,6-8,11-13H2. The summed E-state index contributed by atoms with van der Waals surface area (Å²) in [5, 5.41) is 3.86. The highest BCUT2D eigenvalue weighted by molar-refractivity contribution is 7.08. The highest BCUT2D eigenvalue weighted by atomic mass is 32.1. The van der Waals surface area contributed by atoms with E-state index in [1.54, 1.807) is 23.7 Å². The fraction of sp³-hybridized carbons (Fsp3) is 0.471. The van der Waals surface area contributed by atoms with Gasteiger partial charge in [-0.05, 0) is 23.9 Å². The smallest absolute Gasteiger partial charge is 0.254 e. The van der Waals surface area contributed by atoms with Gasteiger partial charge in [-0.1, -0.05) is 0 Å². The molecule has 2 aromatic rings. The molecule has 0 radical (unpaired) electrons. The van der Waals surface area contributed by atoms with E-state index in [0.717, 1.165) is 37.6 Å². The summed E-state index contributed by atoms with van der Waals surface area (Å²) in [6.45, 7) is 4.38. The first-order valence-corrected chi connectivity index (χ1v) is 9.11. The van der Waals surface area contributed by atoms with Gasteiger partial charge in [-0.3, -0.25) is 4.79 Å². The average Bonchev–Trinajstić information content (AvgIpc) is 3.24. The first-order valence-electron chi connectivity index (χ1n) is 8.17. The molecule has 2 aliphatic rings. The highest BCUT2D eigenvalue weighted by Gasteiger charge is 2.43. The molecule has 4 rings (SSSR count). The van der Waals surface area contributed by atoms with Crippen molar-refractivity contribution in [1.29, 1.82) is 0 Å². The Morgan fingerprint density at radius 2 is 2.12 bits per heavy atom. The SMILES string of the molecule is O=C(c1ccsc1)N1CCOCC2(CCN(c3ncccn3)C2)C1. The Kier molecular flexibility index (Phi) is 4.20. The largest absolute Gasteiger partial charge is 0.379 e. The third kappa shape index (κ3) is 3.01. The van der Waals surface area contributed by atoms with Crippen molar-refractivity contribution < 1.29 is 9.53 Å². The van der Waals surface area contributed by atoms with Crippen molar-refractivity contribution in [3.8, 4) is 0 Å². The van der Waals surface area contributed by atoms with Crippen molar-refractivity contribution in [2.45, 2.75) is 6.42 Å². The minimum absolute atomic E-state index is 0.0403. The van der Waals surface area contributed by atoms with Crippen molar-refractivity contribution in [2.75, 3.05) is 44.3 Å². The third-order valence-electron chi connectivity index (χ3n) is 4.77. The van der Waals surface area contributed by atoms with E-state index < -0.39 is 0 Å². The van der Waals surface area contributed by atoms with Gasteiger partial charge < -0.3 is 14.5 Å². The molecule has 6 nitrogen and oxygen atoms in total. The molecule has 0 aromatic carbocycles. The number of hydrogen-bond acceptors (Lipinski definition) is 6. The Hall–Kier alpha value is -1.99. The summed E-state index contributed by atoms with van der Waals surface area (Å²) >= 11 is 1.56. The second-order valence-corrected chi connectivity index (χ2v) is 7.29. The number of amides is 1. The number of aromatic nitrogens is 2. The topological polar surface area (TPSA) is 58.6 Å². The van der Waals surface area contributed by atoms with E-state index in [1.165, 1.54) is 0 Å². The van der Waals surface area contributed by atoms with Crippen LogP contribution in [-0.2, 0) is 4.74 Å². The van der Waals surface area contributed by atoms with Crippen LogP contribution in [0.3, 0.4) is 0 Å². The number of carbonyl (C=O) groups is 1. The summed E-state index contributed by atoms with van der Waals surface area (Å²) in [5.41, 5.74) is 0.736. The Morgan fingerprint density at radius 3 is 2.92 bits per heavy atom. The summed E-state index contributed by atoms with van der Waals surface area (Å²) in [6.07, 6.45) is 4.52. The van der Waals surface area contributed by atoms with Gasteiger partial charge >= 0.3 is 0 Å². The van der Waals surface area contributed by atoms with E-state index in [2.05, 4.69) is 14.9 Å². The number of rotatable bonds is 2. The highest BCUT2D eigenvalue weighted by Crippen LogP contribution is 2.35. The third-order valence-corrected chi connectivity index (χ3v) is 5.45. The summed E-state index contributed by atoms with van der Waals surface area (Å²) in [4.78, 5) is 25.6. The number of thiophene rings is 1. The zero-order chi connectivity index (χ0) is 16.4. The predicted molar refractivity (Wildman–Crippen MR) is 92.3 cm³/mol. The lowest BCUT2D eigenvalue weighted by atomic mass is 9.87. The van der Waals surface area contributed by atoms with Gasteiger partial charge in [0.05, 0.1) is 18.8 Å². The second kappa shape index (κ2) is 6.49. The lowest BCUT2D eigenvalue weighted by Gasteiger charge is -2.31. The predicted octanol–water partition coefficient (Wildman–Crippen LogP) is 1.91. The lowest BCUT2D eigenvalue weighted by molar-refractivity contribution is 0.0691. The van der Waals surface area contributed by atoms with Crippen LogP contribution in [-0.4, -0.2) is 60.2 Å². The fourth-order valence-electron chi connectivity index (χ4n) is 3.54. The molecule has 4 heterocycles. The quantitative estimate of drug-likeness (QED) is 0.833. The molecular formula is C17H20N4O2S. The number of ether oxygens (including phenoxy) is 1. The van der Waals surface area contributed by atoms with E-state index in [-0.39, 0.29) is 11.3 Å². The van der Waals surface area contributed by atoms with Crippen molar-refractivity contribution in [2.24, 2.45) is 5.41 Å². The number of carbonyl (C=O) groups excluding carboxylic acids is 1. The van der Waals surface area contributed by atoms with Crippen molar-refractivity contribution >= 4 is 23.2 Å². The van der Waals surface area contributed by atoms with E-state index in [9.17, 15) is 4.79 Å². The maximum atomic E-state index is 12.7. The zero-order valence-corrected chi connectivity index (χ0v) is 14.2. The molecule has 24 heavy (non-hydrogen) atoms. The lowest BCUT2D eigenvalue weighted by Crippen LogP contribution is -2.43. The molecule has 0 N–H and O–H groups in total. The van der Waals surface area contributed by atoms with Gasteiger partial charge in [0.1, 0.15) is 0 Å². The molecule has 7 heteroatoms. The van der Waals surface area contributed by atoms with Crippen molar-refractivity contribution in [3.63, 3.8) is 0 Å². The van der Waals surface area contributed by atoms with E-state index in [1.807, 2.05) is 27.8 Å². The van der Waals surface area contributed by atoms with E-state index in [4.69, 9.17) is 4.74 Å². The average molecular weight is 344 g/mol. The van der Waals surface area contributed by atoms with Crippen LogP contribution in [0, 0.1) is 5.41 Å². The van der Waals surface area contributed by atoms with Gasteiger partial charge in [-0.15, -0.1) is 0 Å². The summed E-state index contributed by atoms with van der Waals surface area (Å²) in [7, 11) is 0. The van der Waals surface area contributed by atoms with Gasteiger partial charge in [0.15, 0.2) is 0 Å². The molecule has 2 saturated heterocycles. The number of nitrogens with zero attached hydrogens (tertiary/aromatic N) is 4. The van der Waals surface area contributed by atoms with Gasteiger partial charge in [-0.2, -0.15) is 11.3 Å². The van der Waals surface area contributed by atoms with Crippen molar-refractivity contribution in [3.05, 3.63) is 40.8 Å². The number of hydrogen-bond donors (Lipinski definition) is 0. The summed E-state index contributed by atoms with van der Waals surface area (Å²) < 4.78 is 5.86. The molecule has 1 spiro atoms. The monoisotopic (exact) mass is 344 g/mol. The van der Waals surface area contributed by atoms with Gasteiger partial charge in [0.2, 0.25) is 5.95 Å². The molecule has 2 fully saturated rings. The van der Waals surface area contributed by atoms with Gasteiger partial charge in [0.25, 0.3) is 5.91 Å². The molecule has 1 amide bonds. The summed E-state index contributed by atoms with van der Waals surface area (Å²) in [5.74, 6) is 0.866. The Bertz CT molecular complexity index is 694. The van der Waals surface area contributed by atoms with Crippen LogP contribution in [0.5, 0.6) is 0 Å². The molecule has 1 unspecified atom stereocenters. The van der Waals surface area contributed by atoms with Crippen LogP contribution in [0.1, 0.15) is 16.8 Å². The molecule has 126 valence electrons. The molecule has 0 saturated carbocycles. The first-order chi connectivity index (χ1) is 11.8. The normalized spacial score (nSPS) is 24.3.